The Labute approximate surface area is 97.5 Å². The van der Waals surface area contributed by atoms with Gasteiger partial charge in [-0.25, -0.2) is 0 Å². The highest BCUT2D eigenvalue weighted by Crippen LogP contribution is 2.47. The summed E-state index contributed by atoms with van der Waals surface area (Å²) in [5.41, 5.74) is -0.714. The highest BCUT2D eigenvalue weighted by Gasteiger charge is 2.56. The summed E-state index contributed by atoms with van der Waals surface area (Å²) in [6.07, 6.45) is 1.67. The van der Waals surface area contributed by atoms with Gasteiger partial charge in [0.15, 0.2) is 0 Å². The largest absolute Gasteiger partial charge is 0.459 e. The Kier molecular flexibility index (Phi) is 2.57. The summed E-state index contributed by atoms with van der Waals surface area (Å²) in [5, 5.41) is 0. The van der Waals surface area contributed by atoms with Crippen molar-refractivity contribution in [2.45, 2.75) is 64.8 Å². The van der Waals surface area contributed by atoms with E-state index in [4.69, 9.17) is 9.47 Å². The van der Waals surface area contributed by atoms with E-state index in [1.54, 1.807) is 0 Å². The molecule has 3 heteroatoms. The molecular weight excluding hydrogens is 204 g/mol. The van der Waals surface area contributed by atoms with Crippen LogP contribution in [0.2, 0.25) is 0 Å². The summed E-state index contributed by atoms with van der Waals surface area (Å²) in [4.78, 5) is 12.0. The second-order valence-corrected chi connectivity index (χ2v) is 6.21. The molecule has 0 aromatic rings. The molecule has 3 nitrogen and oxygen atoms in total. The van der Waals surface area contributed by atoms with E-state index in [-0.39, 0.29) is 23.6 Å². The second kappa shape index (κ2) is 3.46. The number of esters is 1. The Morgan fingerprint density at radius 3 is 2.44 bits per heavy atom. The summed E-state index contributed by atoms with van der Waals surface area (Å²) < 4.78 is 11.8. The van der Waals surface area contributed by atoms with Gasteiger partial charge in [-0.3, -0.25) is 4.79 Å². The SMILES string of the molecule is CC(C)[C@@H]1OC(=O)[C@@H]2CC[C@@]1(C)OC2(C)C. The third-order valence-corrected chi connectivity index (χ3v) is 4.00. The van der Waals surface area contributed by atoms with E-state index in [1.165, 1.54) is 0 Å². The lowest BCUT2D eigenvalue weighted by Crippen LogP contribution is -2.53. The first-order valence-corrected chi connectivity index (χ1v) is 6.17. The summed E-state index contributed by atoms with van der Waals surface area (Å²) in [7, 11) is 0. The Morgan fingerprint density at radius 2 is 1.94 bits per heavy atom. The highest BCUT2D eigenvalue weighted by atomic mass is 16.6. The van der Waals surface area contributed by atoms with E-state index in [1.807, 2.05) is 13.8 Å². The molecule has 3 aliphatic rings. The van der Waals surface area contributed by atoms with Crippen LogP contribution in [0.15, 0.2) is 0 Å². The van der Waals surface area contributed by atoms with Crippen molar-refractivity contribution in [3.63, 3.8) is 0 Å². The van der Waals surface area contributed by atoms with Crippen molar-refractivity contribution < 1.29 is 14.3 Å². The maximum absolute atomic E-state index is 12.0. The summed E-state index contributed by atoms with van der Waals surface area (Å²) in [5.74, 6) is 0.107. The van der Waals surface area contributed by atoms with E-state index in [2.05, 4.69) is 20.8 Å². The monoisotopic (exact) mass is 226 g/mol. The number of carbonyl (C=O) groups excluding carboxylic acids is 1. The van der Waals surface area contributed by atoms with Gasteiger partial charge in [0.1, 0.15) is 11.7 Å². The molecule has 92 valence electrons. The van der Waals surface area contributed by atoms with E-state index < -0.39 is 5.60 Å². The third-order valence-electron chi connectivity index (χ3n) is 4.00. The van der Waals surface area contributed by atoms with Crippen molar-refractivity contribution in [1.29, 1.82) is 0 Å². The summed E-state index contributed by atoms with van der Waals surface area (Å²) >= 11 is 0. The van der Waals surface area contributed by atoms with Crippen LogP contribution in [0.4, 0.5) is 0 Å². The molecule has 0 aromatic heterocycles. The Morgan fingerprint density at radius 1 is 1.31 bits per heavy atom. The van der Waals surface area contributed by atoms with E-state index >= 15 is 0 Å². The highest BCUT2D eigenvalue weighted by molar-refractivity contribution is 5.75. The second-order valence-electron chi connectivity index (χ2n) is 6.21. The van der Waals surface area contributed by atoms with Gasteiger partial charge in [0.2, 0.25) is 0 Å². The van der Waals surface area contributed by atoms with Crippen LogP contribution in [-0.2, 0) is 14.3 Å². The zero-order valence-corrected chi connectivity index (χ0v) is 10.9. The first-order chi connectivity index (χ1) is 7.26. The lowest BCUT2D eigenvalue weighted by Gasteiger charge is -2.45. The Balaban J connectivity index is 2.40. The molecule has 3 atom stereocenters. The van der Waals surface area contributed by atoms with E-state index in [0.717, 1.165) is 12.8 Å². The van der Waals surface area contributed by atoms with Crippen LogP contribution in [0, 0.1) is 11.8 Å². The number of hydrogen-bond acceptors (Lipinski definition) is 3. The van der Waals surface area contributed by atoms with Crippen LogP contribution in [0.3, 0.4) is 0 Å². The Hall–Kier alpha value is -0.570. The average molecular weight is 226 g/mol. The van der Waals surface area contributed by atoms with Crippen LogP contribution >= 0.6 is 0 Å². The summed E-state index contributed by atoms with van der Waals surface area (Å²) in [6.45, 7) is 10.2. The molecule has 0 N–H and O–H groups in total. The zero-order valence-electron chi connectivity index (χ0n) is 10.9. The number of hydrogen-bond donors (Lipinski definition) is 0. The van der Waals surface area contributed by atoms with Crippen LogP contribution in [-0.4, -0.2) is 23.3 Å². The zero-order chi connectivity index (χ0) is 12.1. The minimum Gasteiger partial charge on any atom is -0.459 e. The summed E-state index contributed by atoms with van der Waals surface area (Å²) in [6, 6.07) is 0. The fourth-order valence-electron chi connectivity index (χ4n) is 3.28. The van der Waals surface area contributed by atoms with Gasteiger partial charge in [0.25, 0.3) is 0 Å². The first kappa shape index (κ1) is 11.9. The lowest BCUT2D eigenvalue weighted by atomic mass is 9.77. The molecular formula is C13H22O3. The first-order valence-electron chi connectivity index (χ1n) is 6.17. The van der Waals surface area contributed by atoms with Gasteiger partial charge in [-0.1, -0.05) is 13.8 Å². The van der Waals surface area contributed by atoms with Gasteiger partial charge in [-0.2, -0.15) is 0 Å². The van der Waals surface area contributed by atoms with Crippen LogP contribution < -0.4 is 0 Å². The predicted octanol–water partition coefficient (Wildman–Crippen LogP) is 2.53. The maximum Gasteiger partial charge on any atom is 0.312 e. The minimum atomic E-state index is -0.395. The molecule has 0 radical (unpaired) electrons. The molecule has 0 amide bonds. The van der Waals surface area contributed by atoms with E-state index in [9.17, 15) is 4.79 Å². The molecule has 3 rings (SSSR count). The Bertz CT molecular complexity index is 308. The van der Waals surface area contributed by atoms with Crippen molar-refractivity contribution in [2.75, 3.05) is 0 Å². The molecule has 0 aromatic carbocycles. The van der Waals surface area contributed by atoms with Gasteiger partial charge >= 0.3 is 5.97 Å². The third kappa shape index (κ3) is 1.65. The fraction of sp³-hybridized carbons (Fsp3) is 0.923. The normalized spacial score (nSPS) is 42.0. The smallest absolute Gasteiger partial charge is 0.312 e. The standard InChI is InChI=1S/C13H22O3/c1-8(2)10-13(5)7-6-9(11(14)15-10)12(3,4)16-13/h8-10H,6-7H2,1-5H3/t9-,10-,13+/m0/s1. The average Bonchev–Trinajstić information content (AvgIpc) is 2.26. The minimum absolute atomic E-state index is 0.0788. The predicted molar refractivity (Wildman–Crippen MR) is 61.0 cm³/mol. The molecule has 3 saturated heterocycles. The molecule has 0 aliphatic carbocycles. The van der Waals surface area contributed by atoms with Crippen LogP contribution in [0.25, 0.3) is 0 Å². The molecule has 0 saturated carbocycles. The van der Waals surface area contributed by atoms with Crippen molar-refractivity contribution in [3.8, 4) is 0 Å². The molecule has 3 heterocycles. The maximum atomic E-state index is 12.0. The number of ether oxygens (including phenoxy) is 2. The van der Waals surface area contributed by atoms with Crippen molar-refractivity contribution >= 4 is 5.97 Å². The van der Waals surface area contributed by atoms with Crippen molar-refractivity contribution in [2.24, 2.45) is 11.8 Å². The van der Waals surface area contributed by atoms with Crippen LogP contribution in [0.1, 0.15) is 47.5 Å². The lowest BCUT2D eigenvalue weighted by molar-refractivity contribution is -0.203. The number of rotatable bonds is 1. The molecule has 0 unspecified atom stereocenters. The van der Waals surface area contributed by atoms with Gasteiger partial charge in [0, 0.05) is 0 Å². The van der Waals surface area contributed by atoms with Crippen molar-refractivity contribution in [3.05, 3.63) is 0 Å². The molecule has 3 aliphatic heterocycles. The molecule has 16 heavy (non-hydrogen) atoms. The van der Waals surface area contributed by atoms with Gasteiger partial charge in [-0.05, 0) is 39.5 Å². The van der Waals surface area contributed by atoms with Gasteiger partial charge < -0.3 is 9.47 Å². The van der Waals surface area contributed by atoms with Gasteiger partial charge in [-0.15, -0.1) is 0 Å². The van der Waals surface area contributed by atoms with E-state index in [0.29, 0.717) is 5.92 Å². The number of fused-ring (bicyclic) bond motifs is 4. The van der Waals surface area contributed by atoms with Crippen LogP contribution in [0.5, 0.6) is 0 Å². The fourth-order valence-corrected chi connectivity index (χ4v) is 3.28. The quantitative estimate of drug-likeness (QED) is 0.644. The number of carbonyl (C=O) groups is 1. The van der Waals surface area contributed by atoms with Gasteiger partial charge in [0.05, 0.1) is 11.5 Å². The van der Waals surface area contributed by atoms with Crippen molar-refractivity contribution in [1.82, 2.24) is 0 Å². The molecule has 0 spiro atoms. The topological polar surface area (TPSA) is 35.5 Å². The molecule has 2 bridgehead atoms. The molecule has 3 fully saturated rings.